The minimum absolute atomic E-state index is 0.0154. The third-order valence-corrected chi connectivity index (χ3v) is 6.43. The standard InChI is InChI=1S/C21H22N2O5S/c1-10-4-6-14-16(8-10)29-20-17(14)19(25)22-18(23-20)11(2)28-21(26)13-7-5-12(27-3)9-15(13)24/h5,7,9-11,24H,4,6,8H2,1-3H3,(H,22,23,25)/t10-,11+/m1/s1. The number of aromatic amines is 1. The number of nitrogens with zero attached hydrogens (tertiary/aromatic N) is 1. The van der Waals surface area contributed by atoms with E-state index < -0.39 is 12.1 Å². The van der Waals surface area contributed by atoms with Crippen LogP contribution in [-0.2, 0) is 17.6 Å². The summed E-state index contributed by atoms with van der Waals surface area (Å²) in [5, 5.41) is 10.7. The molecule has 0 fully saturated rings. The molecule has 0 amide bonds. The monoisotopic (exact) mass is 414 g/mol. The van der Waals surface area contributed by atoms with Crippen molar-refractivity contribution in [3.05, 3.63) is 50.4 Å². The highest BCUT2D eigenvalue weighted by molar-refractivity contribution is 7.18. The largest absolute Gasteiger partial charge is 0.507 e. The van der Waals surface area contributed by atoms with Crippen molar-refractivity contribution < 1.29 is 19.4 Å². The van der Waals surface area contributed by atoms with Gasteiger partial charge in [-0.3, -0.25) is 4.79 Å². The van der Waals surface area contributed by atoms with Crippen LogP contribution in [0.15, 0.2) is 23.0 Å². The number of methoxy groups -OCH3 is 1. The second-order valence-corrected chi connectivity index (χ2v) is 8.50. The smallest absolute Gasteiger partial charge is 0.342 e. The molecule has 1 aromatic carbocycles. The number of carbonyl (C=O) groups excluding carboxylic acids is 1. The SMILES string of the molecule is COc1ccc(C(=O)O[C@@H](C)c2nc3sc4c(c3c(=O)[nH]2)CC[C@@H](C)C4)c(O)c1. The maximum absolute atomic E-state index is 12.7. The van der Waals surface area contributed by atoms with Gasteiger partial charge in [-0.1, -0.05) is 6.92 Å². The summed E-state index contributed by atoms with van der Waals surface area (Å²) < 4.78 is 10.4. The summed E-state index contributed by atoms with van der Waals surface area (Å²) in [6.45, 7) is 3.85. The summed E-state index contributed by atoms with van der Waals surface area (Å²) in [7, 11) is 1.47. The summed E-state index contributed by atoms with van der Waals surface area (Å²) in [4.78, 5) is 34.4. The lowest BCUT2D eigenvalue weighted by molar-refractivity contribution is 0.0317. The van der Waals surface area contributed by atoms with Crippen LogP contribution in [0.3, 0.4) is 0 Å². The van der Waals surface area contributed by atoms with E-state index in [0.717, 1.165) is 24.8 Å². The minimum atomic E-state index is -0.779. The molecule has 0 saturated heterocycles. The van der Waals surface area contributed by atoms with Crippen molar-refractivity contribution in [1.29, 1.82) is 0 Å². The average Bonchev–Trinajstić information content (AvgIpc) is 3.05. The van der Waals surface area contributed by atoms with Gasteiger partial charge in [0.2, 0.25) is 0 Å². The summed E-state index contributed by atoms with van der Waals surface area (Å²) in [5.41, 5.74) is 0.921. The first-order valence-electron chi connectivity index (χ1n) is 9.49. The number of aromatic hydroxyl groups is 1. The third-order valence-electron chi connectivity index (χ3n) is 5.28. The number of hydrogen-bond acceptors (Lipinski definition) is 7. The van der Waals surface area contributed by atoms with Crippen molar-refractivity contribution in [3.63, 3.8) is 0 Å². The van der Waals surface area contributed by atoms with Crippen LogP contribution < -0.4 is 10.3 Å². The van der Waals surface area contributed by atoms with E-state index in [1.807, 2.05) is 0 Å². The molecule has 4 rings (SSSR count). The van der Waals surface area contributed by atoms with Crippen LogP contribution in [0.25, 0.3) is 10.2 Å². The fourth-order valence-electron chi connectivity index (χ4n) is 3.65. The molecule has 0 aliphatic heterocycles. The lowest BCUT2D eigenvalue weighted by Crippen LogP contribution is -2.18. The Morgan fingerprint density at radius 2 is 2.21 bits per heavy atom. The summed E-state index contributed by atoms with van der Waals surface area (Å²) >= 11 is 1.55. The molecule has 1 aliphatic rings. The van der Waals surface area contributed by atoms with Gasteiger partial charge in [0.25, 0.3) is 5.56 Å². The summed E-state index contributed by atoms with van der Waals surface area (Å²) in [6.07, 6.45) is 2.15. The zero-order valence-corrected chi connectivity index (χ0v) is 17.3. The fourth-order valence-corrected chi connectivity index (χ4v) is 5.04. The first-order valence-corrected chi connectivity index (χ1v) is 10.3. The Morgan fingerprint density at radius 3 is 2.93 bits per heavy atom. The van der Waals surface area contributed by atoms with Crippen molar-refractivity contribution in [1.82, 2.24) is 9.97 Å². The van der Waals surface area contributed by atoms with Crippen LogP contribution in [0.2, 0.25) is 0 Å². The number of ether oxygens (including phenoxy) is 2. The van der Waals surface area contributed by atoms with Gasteiger partial charge in [-0.25, -0.2) is 9.78 Å². The van der Waals surface area contributed by atoms with Gasteiger partial charge < -0.3 is 19.6 Å². The molecule has 2 N–H and O–H groups in total. The van der Waals surface area contributed by atoms with Gasteiger partial charge in [0.05, 0.1) is 12.5 Å². The number of esters is 1. The Balaban J connectivity index is 1.61. The molecule has 29 heavy (non-hydrogen) atoms. The van der Waals surface area contributed by atoms with Gasteiger partial charge in [0.1, 0.15) is 21.9 Å². The normalized spacial score (nSPS) is 17.0. The lowest BCUT2D eigenvalue weighted by atomic mass is 9.89. The van der Waals surface area contributed by atoms with E-state index in [-0.39, 0.29) is 22.7 Å². The highest BCUT2D eigenvalue weighted by Crippen LogP contribution is 2.36. The van der Waals surface area contributed by atoms with Crippen molar-refractivity contribution in [2.24, 2.45) is 5.92 Å². The van der Waals surface area contributed by atoms with Gasteiger partial charge in [0.15, 0.2) is 11.9 Å². The van der Waals surface area contributed by atoms with Crippen LogP contribution in [0, 0.1) is 5.92 Å². The van der Waals surface area contributed by atoms with Gasteiger partial charge in [-0.15, -0.1) is 11.3 Å². The van der Waals surface area contributed by atoms with Gasteiger partial charge in [-0.2, -0.15) is 0 Å². The zero-order valence-electron chi connectivity index (χ0n) is 16.4. The number of phenolic OH excluding ortho intramolecular Hbond substituents is 1. The number of benzene rings is 1. The predicted octanol–water partition coefficient (Wildman–Crippen LogP) is 3.74. The van der Waals surface area contributed by atoms with E-state index in [4.69, 9.17) is 9.47 Å². The Kier molecular flexibility index (Phi) is 5.04. The van der Waals surface area contributed by atoms with Gasteiger partial charge in [-0.05, 0) is 49.8 Å². The molecule has 0 unspecified atom stereocenters. The van der Waals surface area contributed by atoms with Crippen molar-refractivity contribution in [2.75, 3.05) is 7.11 Å². The van der Waals surface area contributed by atoms with E-state index in [1.165, 1.54) is 24.1 Å². The summed E-state index contributed by atoms with van der Waals surface area (Å²) in [5.74, 6) is 0.374. The first-order chi connectivity index (χ1) is 13.9. The highest BCUT2D eigenvalue weighted by atomic mass is 32.1. The predicted molar refractivity (Wildman–Crippen MR) is 110 cm³/mol. The molecule has 1 aliphatic carbocycles. The second-order valence-electron chi connectivity index (χ2n) is 7.41. The quantitative estimate of drug-likeness (QED) is 0.631. The number of aromatic nitrogens is 2. The molecule has 152 valence electrons. The number of fused-ring (bicyclic) bond motifs is 3. The minimum Gasteiger partial charge on any atom is -0.507 e. The molecular formula is C21H22N2O5S. The van der Waals surface area contributed by atoms with Crippen molar-refractivity contribution in [3.8, 4) is 11.5 Å². The van der Waals surface area contributed by atoms with E-state index in [2.05, 4.69) is 16.9 Å². The molecule has 2 heterocycles. The van der Waals surface area contributed by atoms with Crippen LogP contribution in [0.5, 0.6) is 11.5 Å². The number of hydrogen-bond donors (Lipinski definition) is 2. The van der Waals surface area contributed by atoms with Crippen molar-refractivity contribution >= 4 is 27.5 Å². The molecule has 3 aromatic rings. The van der Waals surface area contributed by atoms with E-state index in [9.17, 15) is 14.7 Å². The molecule has 2 atom stereocenters. The van der Waals surface area contributed by atoms with Crippen LogP contribution >= 0.6 is 11.3 Å². The molecule has 0 spiro atoms. The second kappa shape index (κ2) is 7.51. The third kappa shape index (κ3) is 3.60. The Hall–Kier alpha value is -2.87. The Bertz CT molecular complexity index is 1150. The maximum Gasteiger partial charge on any atom is 0.342 e. The Morgan fingerprint density at radius 1 is 1.41 bits per heavy atom. The number of phenols is 1. The van der Waals surface area contributed by atoms with Crippen LogP contribution in [0.4, 0.5) is 0 Å². The number of aryl methyl sites for hydroxylation is 1. The summed E-state index contributed by atoms with van der Waals surface area (Å²) in [6, 6.07) is 4.33. The highest BCUT2D eigenvalue weighted by Gasteiger charge is 2.25. The van der Waals surface area contributed by atoms with E-state index >= 15 is 0 Å². The molecule has 7 nitrogen and oxygen atoms in total. The average molecular weight is 414 g/mol. The van der Waals surface area contributed by atoms with Gasteiger partial charge in [0, 0.05) is 10.9 Å². The van der Waals surface area contributed by atoms with Gasteiger partial charge >= 0.3 is 5.97 Å². The Labute approximate surface area is 171 Å². The molecule has 2 aromatic heterocycles. The molecule has 0 radical (unpaired) electrons. The molecule has 8 heteroatoms. The maximum atomic E-state index is 12.7. The molecule has 0 bridgehead atoms. The molecule has 0 saturated carbocycles. The van der Waals surface area contributed by atoms with E-state index in [1.54, 1.807) is 24.3 Å². The number of nitrogens with one attached hydrogen (secondary N) is 1. The lowest BCUT2D eigenvalue weighted by Gasteiger charge is -2.17. The van der Waals surface area contributed by atoms with E-state index in [0.29, 0.717) is 21.9 Å². The first kappa shape index (κ1) is 19.4. The van der Waals surface area contributed by atoms with Crippen molar-refractivity contribution in [2.45, 2.75) is 39.2 Å². The number of rotatable bonds is 4. The van der Waals surface area contributed by atoms with Crippen LogP contribution in [0.1, 0.15) is 53.0 Å². The number of thiophene rings is 1. The topological polar surface area (TPSA) is 102 Å². The number of carbonyl (C=O) groups is 1. The number of H-pyrrole nitrogens is 1. The zero-order chi connectivity index (χ0) is 20.7. The fraction of sp³-hybridized carbons (Fsp3) is 0.381. The van der Waals surface area contributed by atoms with Crippen LogP contribution in [-0.4, -0.2) is 28.2 Å². The molecular weight excluding hydrogens is 392 g/mol.